The highest BCUT2D eigenvalue weighted by Crippen LogP contribution is 2.45. The summed E-state index contributed by atoms with van der Waals surface area (Å²) < 4.78 is 13.8. The Morgan fingerprint density at radius 2 is 0.539 bits per heavy atom. The van der Waals surface area contributed by atoms with Gasteiger partial charge in [-0.3, -0.25) is 4.79 Å². The van der Waals surface area contributed by atoms with Gasteiger partial charge < -0.3 is 4.57 Å². The van der Waals surface area contributed by atoms with E-state index in [-0.39, 0.29) is 46.6 Å². The largest absolute Gasteiger partial charge is 0.309 e. The minimum Gasteiger partial charge on any atom is -0.309 e. The molecule has 0 bridgehead atoms. The first kappa shape index (κ1) is 76.8. The number of rotatable bonds is 3. The van der Waals surface area contributed by atoms with Crippen LogP contribution in [0.3, 0.4) is 0 Å². The Morgan fingerprint density at radius 3 is 0.750 bits per heavy atom. The molecule has 0 saturated heterocycles. The molecule has 0 N–H and O–H groups in total. The molecule has 402 valence electrons. The molecular weight excluding hydrogens is 948 g/mol. The Kier molecular flexibility index (Phi) is 44.8. The fourth-order valence-corrected chi connectivity index (χ4v) is 9.68. The van der Waals surface area contributed by atoms with Crippen molar-refractivity contribution >= 4 is 34.4 Å². The van der Waals surface area contributed by atoms with E-state index in [2.05, 4.69) is 0 Å². The van der Waals surface area contributed by atoms with Gasteiger partial charge in [-0.25, -0.2) is 0 Å². The summed E-state index contributed by atoms with van der Waals surface area (Å²) in [6.07, 6.45) is 0. The number of hydrogen-bond acceptors (Lipinski definition) is 6. The number of nitrogens with zero attached hydrogens (tertiary/aromatic N) is 4. The highest BCUT2D eigenvalue weighted by atomic mass is 31.2. The fraction of sp³-hybridized carbons (Fsp3) is 0.261. The van der Waals surface area contributed by atoms with Crippen LogP contribution in [0, 0.1) is 45.3 Å². The summed E-state index contributed by atoms with van der Waals surface area (Å²) in [6.45, 7) is 27.5. The van der Waals surface area contributed by atoms with Crippen molar-refractivity contribution in [2.24, 2.45) is 0 Å². The van der Waals surface area contributed by atoms with Crippen LogP contribution in [0.25, 0.3) is 27.8 Å². The van der Waals surface area contributed by atoms with Crippen LogP contribution in [0.2, 0.25) is 0 Å². The molecule has 0 saturated carbocycles. The maximum atomic E-state index is 13.8. The van der Waals surface area contributed by atoms with Crippen molar-refractivity contribution in [1.82, 2.24) is 0 Å². The minimum absolute atomic E-state index is 0. The third-order valence-electron chi connectivity index (χ3n) is 9.87. The van der Waals surface area contributed by atoms with Crippen LogP contribution < -0.4 is 15.9 Å². The third kappa shape index (κ3) is 20.0. The second-order valence-corrected chi connectivity index (χ2v) is 16.5. The summed E-state index contributed by atoms with van der Waals surface area (Å²) in [5, 5.41) is 37.2. The number of hydrogen-bond donors (Lipinski definition) is 0. The van der Waals surface area contributed by atoms with Crippen LogP contribution in [0.1, 0.15) is 154 Å². The van der Waals surface area contributed by atoms with Gasteiger partial charge in [0.25, 0.3) is 0 Å². The maximum Gasteiger partial charge on any atom is 0.194 e. The van der Waals surface area contributed by atoms with Gasteiger partial charge in [0, 0.05) is 32.6 Å². The molecule has 7 heteroatoms. The molecule has 0 radical (unpaired) electrons. The lowest BCUT2D eigenvalue weighted by Gasteiger charge is -2.19. The lowest BCUT2D eigenvalue weighted by Crippen LogP contribution is -2.24. The van der Waals surface area contributed by atoms with Crippen LogP contribution in [0.15, 0.2) is 205 Å². The number of benzene rings is 7. The molecular formula is C69H89N4O2P. The molecule has 0 fully saturated rings. The van der Waals surface area contributed by atoms with Crippen molar-refractivity contribution < 1.29 is 9.36 Å². The normalized spacial score (nSPS) is 9.03. The molecule has 0 aromatic heterocycles. The van der Waals surface area contributed by atoms with Gasteiger partial charge in [-0.15, -0.1) is 0 Å². The van der Waals surface area contributed by atoms with Crippen molar-refractivity contribution in [1.29, 1.82) is 21.0 Å². The van der Waals surface area contributed by atoms with Crippen molar-refractivity contribution in [3.05, 3.63) is 227 Å². The molecule has 2 aliphatic rings. The van der Waals surface area contributed by atoms with Crippen molar-refractivity contribution in [2.45, 2.75) is 127 Å². The molecule has 7 aromatic rings. The molecule has 0 atom stereocenters. The molecule has 0 unspecified atom stereocenters. The zero-order valence-electron chi connectivity index (χ0n) is 45.0. The summed E-state index contributed by atoms with van der Waals surface area (Å²) in [4.78, 5) is 11.9. The highest BCUT2D eigenvalue weighted by molar-refractivity contribution is 7.85. The molecule has 6 nitrogen and oxygen atoms in total. The van der Waals surface area contributed by atoms with Crippen LogP contribution >= 0.6 is 7.14 Å². The average molecular weight is 1040 g/mol. The molecule has 2 aliphatic carbocycles. The number of fused-ring (bicyclic) bond motifs is 6. The predicted octanol–water partition coefficient (Wildman–Crippen LogP) is 19.8. The van der Waals surface area contributed by atoms with E-state index >= 15 is 0 Å². The third-order valence-corrected chi connectivity index (χ3v) is 12.9. The van der Waals surface area contributed by atoms with Gasteiger partial charge in [0.15, 0.2) is 12.9 Å². The average Bonchev–Trinajstić information content (AvgIpc) is 3.97. The van der Waals surface area contributed by atoms with Crippen molar-refractivity contribution in [3.8, 4) is 46.5 Å². The number of carbonyl (C=O) groups is 1. The van der Waals surface area contributed by atoms with Crippen LogP contribution in [0.4, 0.5) is 0 Å². The van der Waals surface area contributed by atoms with Crippen LogP contribution in [-0.4, -0.2) is 5.78 Å². The Hall–Kier alpha value is -8.12. The summed E-state index contributed by atoms with van der Waals surface area (Å²) in [5.41, 5.74) is 9.81. The van der Waals surface area contributed by atoms with Crippen LogP contribution in [0.5, 0.6) is 0 Å². The van der Waals surface area contributed by atoms with E-state index in [1.54, 1.807) is 26.0 Å². The molecule has 76 heavy (non-hydrogen) atoms. The topological polar surface area (TPSA) is 129 Å². The molecule has 0 aliphatic heterocycles. The van der Waals surface area contributed by atoms with Gasteiger partial charge in [-0.2, -0.15) is 21.0 Å². The van der Waals surface area contributed by atoms with Gasteiger partial charge in [0.05, 0.1) is 0 Å². The Balaban J connectivity index is -0.000000279. The second-order valence-electron chi connectivity index (χ2n) is 13.7. The minimum atomic E-state index is -2.78. The monoisotopic (exact) mass is 1040 g/mol. The van der Waals surface area contributed by atoms with Gasteiger partial charge >= 0.3 is 0 Å². The lowest BCUT2D eigenvalue weighted by molar-refractivity contribution is 0.104. The smallest absolute Gasteiger partial charge is 0.194 e. The Morgan fingerprint density at radius 1 is 0.329 bits per heavy atom. The lowest BCUT2D eigenvalue weighted by atomic mass is 9.99. The summed E-state index contributed by atoms with van der Waals surface area (Å²) >= 11 is 0. The van der Waals surface area contributed by atoms with Crippen molar-refractivity contribution in [3.63, 3.8) is 0 Å². The molecule has 0 heterocycles. The molecule has 9 rings (SSSR count). The molecule has 0 amide bonds. The van der Waals surface area contributed by atoms with E-state index in [0.717, 1.165) is 71.6 Å². The SMILES string of the molecule is C.C.C.C.CC.CC.CC.CC.CC.CC.CC(C)=C(C#N)C#N.N#CC(C#N)=C1c2ccccc2-c2ccccc21.O=C1c2ccccc2-c2ccccc21.O=P(c1ccccc1)(c1ccccc1)c1ccccc1. The number of nitriles is 4. The van der Waals surface area contributed by atoms with E-state index < -0.39 is 7.14 Å². The van der Waals surface area contributed by atoms with E-state index in [1.165, 1.54) is 0 Å². The first-order valence-electron chi connectivity index (χ1n) is 25.0. The maximum absolute atomic E-state index is 13.8. The van der Waals surface area contributed by atoms with Gasteiger partial charge in [-0.1, -0.05) is 301 Å². The summed E-state index contributed by atoms with van der Waals surface area (Å²) in [7, 11) is -2.78. The van der Waals surface area contributed by atoms with E-state index in [9.17, 15) is 9.36 Å². The van der Waals surface area contributed by atoms with E-state index in [4.69, 9.17) is 21.0 Å². The van der Waals surface area contributed by atoms with E-state index in [0.29, 0.717) is 0 Å². The van der Waals surface area contributed by atoms with Crippen LogP contribution in [-0.2, 0) is 4.57 Å². The standard InChI is InChI=1S/C18H15OP.C16H8N2.C13H8O.C6H6N2.6C2H6.4CH4/c19-20(16-10-4-1-5-11-16,17-12-6-2-7-13-17)18-14-8-3-9-15-18;17-9-11(10-18)16-14-7-3-1-5-12(14)13-6-2-4-8-15(13)16;14-13-11-7-3-1-5-9(11)10-6-2-4-8-12(10)13;1-5(2)6(3-7)4-8;6*1-2;;;;/h1-15H;1-8H;1-8H;1-2H3;6*1-2H3;4*1H4. The molecule has 7 aromatic carbocycles. The van der Waals surface area contributed by atoms with Crippen molar-refractivity contribution in [2.75, 3.05) is 0 Å². The highest BCUT2D eigenvalue weighted by Gasteiger charge is 2.29. The quantitative estimate of drug-likeness (QED) is 0.128. The van der Waals surface area contributed by atoms with E-state index in [1.807, 2.05) is 283 Å². The number of ketones is 1. The fourth-order valence-electron chi connectivity index (χ4n) is 7.01. The first-order valence-corrected chi connectivity index (χ1v) is 26.7. The van der Waals surface area contributed by atoms with Gasteiger partial charge in [0.1, 0.15) is 35.4 Å². The Bertz CT molecular complexity index is 2750. The zero-order valence-corrected chi connectivity index (χ0v) is 45.8. The van der Waals surface area contributed by atoms with Gasteiger partial charge in [-0.05, 0) is 52.8 Å². The second kappa shape index (κ2) is 44.4. The Labute approximate surface area is 462 Å². The first-order chi connectivity index (χ1) is 35.3. The molecule has 0 spiro atoms. The summed E-state index contributed by atoms with van der Waals surface area (Å²) in [6, 6.07) is 67.9. The van der Waals surface area contributed by atoms with Gasteiger partial charge in [0.2, 0.25) is 0 Å². The zero-order chi connectivity index (χ0) is 54.5. The number of allylic oxidation sites excluding steroid dienone is 3. The predicted molar refractivity (Wildman–Crippen MR) is 335 cm³/mol. The summed E-state index contributed by atoms with van der Waals surface area (Å²) in [5.74, 6) is 0.149. The number of carbonyl (C=O) groups excluding carboxylic acids is 1.